The fraction of sp³-hybridized carbons (Fsp3) is 0.250. The number of nitro groups is 1. The molecule has 1 unspecified atom stereocenters. The molecule has 32 heavy (non-hydrogen) atoms. The Morgan fingerprint density at radius 1 is 1.00 bits per heavy atom. The summed E-state index contributed by atoms with van der Waals surface area (Å²) in [7, 11) is 0. The highest BCUT2D eigenvalue weighted by Crippen LogP contribution is 2.19. The average Bonchev–Trinajstić information content (AvgIpc) is 2.79. The Bertz CT molecular complexity index is 1100. The van der Waals surface area contributed by atoms with Gasteiger partial charge in [0.1, 0.15) is 6.04 Å². The van der Waals surface area contributed by atoms with Crippen LogP contribution < -0.4 is 10.6 Å². The summed E-state index contributed by atoms with van der Waals surface area (Å²) < 4.78 is 5.14. The fourth-order valence-electron chi connectivity index (χ4n) is 3.18. The highest BCUT2D eigenvalue weighted by molar-refractivity contribution is 5.98. The number of ether oxygens (including phenoxy) is 1. The highest BCUT2D eigenvalue weighted by Gasteiger charge is 2.16. The minimum absolute atomic E-state index is 0.0625. The van der Waals surface area contributed by atoms with Gasteiger partial charge in [0.15, 0.2) is 0 Å². The second-order valence-corrected chi connectivity index (χ2v) is 7.43. The fourth-order valence-corrected chi connectivity index (χ4v) is 3.18. The summed E-state index contributed by atoms with van der Waals surface area (Å²) in [5.74, 6) is -0.338. The summed E-state index contributed by atoms with van der Waals surface area (Å²) in [6.45, 7) is 1.81. The molecular formula is C24H25N3O5. The minimum Gasteiger partial charge on any atom is -0.450 e. The van der Waals surface area contributed by atoms with Crippen molar-refractivity contribution in [3.63, 3.8) is 0 Å². The van der Waals surface area contributed by atoms with E-state index in [1.54, 1.807) is 19.1 Å². The smallest absolute Gasteiger partial charge is 0.407 e. The van der Waals surface area contributed by atoms with Crippen molar-refractivity contribution in [2.45, 2.75) is 32.2 Å². The number of alkyl carbamates (subject to hydrolysis) is 1. The first kappa shape index (κ1) is 22.7. The third-order valence-electron chi connectivity index (χ3n) is 4.98. The number of carbonyl (C=O) groups is 2. The zero-order valence-electron chi connectivity index (χ0n) is 17.7. The molecule has 2 N–H and O–H groups in total. The average molecular weight is 435 g/mol. The van der Waals surface area contributed by atoms with Crippen LogP contribution in [0.1, 0.15) is 25.3 Å². The Balaban J connectivity index is 1.35. The van der Waals surface area contributed by atoms with Gasteiger partial charge < -0.3 is 15.4 Å². The standard InChI is InChI=1S/C24H25N3O5/c1-17(23(28)26-21-12-11-19-7-2-3-8-20(19)16-21)25-24(29)32-15-5-4-6-18-9-13-22(14-10-18)27(30)31/h2-3,7-14,16-17H,4-6,15H2,1H3,(H,25,29)(H,26,28). The molecular weight excluding hydrogens is 410 g/mol. The molecule has 8 heteroatoms. The van der Waals surface area contributed by atoms with Crippen molar-refractivity contribution in [2.24, 2.45) is 0 Å². The maximum absolute atomic E-state index is 12.4. The van der Waals surface area contributed by atoms with Crippen LogP contribution in [0.2, 0.25) is 0 Å². The van der Waals surface area contributed by atoms with Crippen molar-refractivity contribution in [3.8, 4) is 0 Å². The van der Waals surface area contributed by atoms with Gasteiger partial charge in [-0.2, -0.15) is 0 Å². The summed E-state index contributed by atoms with van der Waals surface area (Å²) in [6, 6.07) is 19.1. The molecule has 2 amide bonds. The van der Waals surface area contributed by atoms with E-state index in [9.17, 15) is 19.7 Å². The number of carbonyl (C=O) groups excluding carboxylic acids is 2. The lowest BCUT2D eigenvalue weighted by Crippen LogP contribution is -2.41. The van der Waals surface area contributed by atoms with Gasteiger partial charge in [0.2, 0.25) is 5.91 Å². The Morgan fingerprint density at radius 2 is 1.72 bits per heavy atom. The van der Waals surface area contributed by atoms with Gasteiger partial charge >= 0.3 is 6.09 Å². The number of unbranched alkanes of at least 4 members (excludes halogenated alkanes) is 1. The number of hydrogen-bond acceptors (Lipinski definition) is 5. The van der Waals surface area contributed by atoms with Crippen LogP contribution in [0, 0.1) is 10.1 Å². The van der Waals surface area contributed by atoms with Gasteiger partial charge in [0.05, 0.1) is 11.5 Å². The number of nitrogens with one attached hydrogen (secondary N) is 2. The van der Waals surface area contributed by atoms with Crippen LogP contribution in [0.15, 0.2) is 66.7 Å². The number of anilines is 1. The SMILES string of the molecule is CC(NC(=O)OCCCCc1ccc([N+](=O)[O-])cc1)C(=O)Nc1ccc2ccccc2c1. The van der Waals surface area contributed by atoms with E-state index in [0.717, 1.165) is 29.2 Å². The van der Waals surface area contributed by atoms with Crippen molar-refractivity contribution in [2.75, 3.05) is 11.9 Å². The molecule has 0 aliphatic heterocycles. The summed E-state index contributed by atoms with van der Waals surface area (Å²) in [6.07, 6.45) is 1.49. The van der Waals surface area contributed by atoms with E-state index in [2.05, 4.69) is 10.6 Å². The van der Waals surface area contributed by atoms with Crippen molar-refractivity contribution in [3.05, 3.63) is 82.4 Å². The Labute approximate surface area is 185 Å². The quantitative estimate of drug-likeness (QED) is 0.284. The number of hydrogen-bond donors (Lipinski definition) is 2. The van der Waals surface area contributed by atoms with Gasteiger partial charge in [-0.05, 0) is 54.7 Å². The summed E-state index contributed by atoms with van der Waals surface area (Å²) in [5, 5.41) is 18.1. The van der Waals surface area contributed by atoms with Crippen molar-refractivity contribution in [1.29, 1.82) is 0 Å². The number of amides is 2. The van der Waals surface area contributed by atoms with E-state index >= 15 is 0 Å². The second kappa shape index (κ2) is 10.9. The second-order valence-electron chi connectivity index (χ2n) is 7.43. The molecule has 0 saturated heterocycles. The number of aryl methyl sites for hydroxylation is 1. The van der Waals surface area contributed by atoms with Crippen LogP contribution in [0.3, 0.4) is 0 Å². The van der Waals surface area contributed by atoms with Crippen molar-refractivity contribution >= 4 is 34.1 Å². The monoisotopic (exact) mass is 435 g/mol. The van der Waals surface area contributed by atoms with E-state index in [1.807, 2.05) is 42.5 Å². The van der Waals surface area contributed by atoms with Gasteiger partial charge in [0, 0.05) is 17.8 Å². The van der Waals surface area contributed by atoms with Crippen molar-refractivity contribution in [1.82, 2.24) is 5.32 Å². The molecule has 3 aromatic carbocycles. The molecule has 3 rings (SSSR count). The lowest BCUT2D eigenvalue weighted by Gasteiger charge is -2.14. The van der Waals surface area contributed by atoms with Crippen LogP contribution in [0.5, 0.6) is 0 Å². The predicted octanol–water partition coefficient (Wildman–Crippen LogP) is 4.82. The Morgan fingerprint density at radius 3 is 2.44 bits per heavy atom. The predicted molar refractivity (Wildman–Crippen MR) is 123 cm³/mol. The van der Waals surface area contributed by atoms with Gasteiger partial charge in [-0.15, -0.1) is 0 Å². The molecule has 1 atom stereocenters. The Kier molecular flexibility index (Phi) is 7.75. The van der Waals surface area contributed by atoms with Gasteiger partial charge in [-0.25, -0.2) is 4.79 Å². The zero-order chi connectivity index (χ0) is 22.9. The minimum atomic E-state index is -0.755. The van der Waals surface area contributed by atoms with E-state index in [4.69, 9.17) is 4.74 Å². The maximum Gasteiger partial charge on any atom is 0.407 e. The lowest BCUT2D eigenvalue weighted by atomic mass is 10.1. The van der Waals surface area contributed by atoms with E-state index in [-0.39, 0.29) is 18.2 Å². The third-order valence-corrected chi connectivity index (χ3v) is 4.98. The van der Waals surface area contributed by atoms with Crippen LogP contribution >= 0.6 is 0 Å². The molecule has 0 bridgehead atoms. The van der Waals surface area contributed by atoms with Crippen LogP contribution in [-0.2, 0) is 16.0 Å². The number of benzene rings is 3. The molecule has 8 nitrogen and oxygen atoms in total. The molecule has 0 spiro atoms. The molecule has 0 aliphatic carbocycles. The molecule has 0 saturated carbocycles. The van der Waals surface area contributed by atoms with Crippen LogP contribution in [0.4, 0.5) is 16.2 Å². The first-order valence-corrected chi connectivity index (χ1v) is 10.4. The molecule has 0 radical (unpaired) electrons. The number of nitro benzene ring substituents is 1. The van der Waals surface area contributed by atoms with Gasteiger partial charge in [-0.1, -0.05) is 42.5 Å². The molecule has 166 valence electrons. The van der Waals surface area contributed by atoms with E-state index in [1.165, 1.54) is 12.1 Å². The summed E-state index contributed by atoms with van der Waals surface area (Å²) in [5.41, 5.74) is 1.70. The normalized spacial score (nSPS) is 11.5. The van der Waals surface area contributed by atoms with Crippen LogP contribution in [-0.4, -0.2) is 29.6 Å². The topological polar surface area (TPSA) is 111 Å². The Hall–Kier alpha value is -3.94. The molecule has 0 fully saturated rings. The highest BCUT2D eigenvalue weighted by atomic mass is 16.6. The van der Waals surface area contributed by atoms with E-state index < -0.39 is 17.1 Å². The van der Waals surface area contributed by atoms with Gasteiger partial charge in [-0.3, -0.25) is 14.9 Å². The number of fused-ring (bicyclic) bond motifs is 1. The molecule has 0 aromatic heterocycles. The van der Waals surface area contributed by atoms with Crippen molar-refractivity contribution < 1.29 is 19.2 Å². The van der Waals surface area contributed by atoms with Gasteiger partial charge in [0.25, 0.3) is 5.69 Å². The molecule has 3 aromatic rings. The zero-order valence-corrected chi connectivity index (χ0v) is 17.7. The largest absolute Gasteiger partial charge is 0.450 e. The molecule has 0 aliphatic rings. The molecule has 0 heterocycles. The third kappa shape index (κ3) is 6.53. The first-order chi connectivity index (χ1) is 15.4. The number of non-ortho nitro benzene ring substituents is 1. The first-order valence-electron chi connectivity index (χ1n) is 10.4. The maximum atomic E-state index is 12.4. The summed E-state index contributed by atoms with van der Waals surface area (Å²) in [4.78, 5) is 34.5. The number of nitrogens with zero attached hydrogens (tertiary/aromatic N) is 1. The summed E-state index contributed by atoms with van der Waals surface area (Å²) >= 11 is 0. The lowest BCUT2D eigenvalue weighted by molar-refractivity contribution is -0.384. The van der Waals surface area contributed by atoms with Crippen LogP contribution in [0.25, 0.3) is 10.8 Å². The van der Waals surface area contributed by atoms with E-state index in [0.29, 0.717) is 12.1 Å². The number of rotatable bonds is 9.